The average Bonchev–Trinajstić information content (AvgIpc) is 3.32. The molecule has 28 heavy (non-hydrogen) atoms. The zero-order chi connectivity index (χ0) is 19.7. The Morgan fingerprint density at radius 1 is 1.18 bits per heavy atom. The van der Waals surface area contributed by atoms with E-state index in [0.717, 1.165) is 15.8 Å². The maximum atomic E-state index is 13.3. The molecule has 4 rings (SSSR count). The molecule has 6 heteroatoms. The SMILES string of the molecule is Cc1ccc(CC(=O)N(Cc2ccco2)c2nc3c(Cl)cccc3s2)c(C)c1. The van der Waals surface area contributed by atoms with Crippen LogP contribution >= 0.6 is 22.9 Å². The van der Waals surface area contributed by atoms with Crippen molar-refractivity contribution in [1.82, 2.24) is 4.98 Å². The van der Waals surface area contributed by atoms with Gasteiger partial charge in [0.25, 0.3) is 0 Å². The number of fused-ring (bicyclic) bond motifs is 1. The largest absolute Gasteiger partial charge is 0.467 e. The molecule has 0 aliphatic rings. The molecule has 2 aromatic carbocycles. The van der Waals surface area contributed by atoms with E-state index in [2.05, 4.69) is 11.1 Å². The first kappa shape index (κ1) is 18.7. The number of amides is 1. The number of aromatic nitrogens is 1. The van der Waals surface area contributed by atoms with E-state index in [1.54, 1.807) is 11.2 Å². The number of para-hydroxylation sites is 1. The number of aryl methyl sites for hydroxylation is 2. The minimum absolute atomic E-state index is 0.0291. The molecule has 0 bridgehead atoms. The van der Waals surface area contributed by atoms with Crippen molar-refractivity contribution in [2.75, 3.05) is 4.90 Å². The van der Waals surface area contributed by atoms with Crippen LogP contribution in [-0.4, -0.2) is 10.9 Å². The highest BCUT2D eigenvalue weighted by Gasteiger charge is 2.22. The van der Waals surface area contributed by atoms with Crippen molar-refractivity contribution < 1.29 is 9.21 Å². The zero-order valence-corrected chi connectivity index (χ0v) is 17.2. The van der Waals surface area contributed by atoms with Crippen molar-refractivity contribution in [3.05, 3.63) is 82.3 Å². The molecule has 0 saturated carbocycles. The lowest BCUT2D eigenvalue weighted by atomic mass is 10.0. The summed E-state index contributed by atoms with van der Waals surface area (Å²) in [7, 11) is 0. The van der Waals surface area contributed by atoms with Crippen LogP contribution in [-0.2, 0) is 17.8 Å². The van der Waals surface area contributed by atoms with E-state index in [1.165, 1.54) is 16.9 Å². The van der Waals surface area contributed by atoms with Gasteiger partial charge in [0.05, 0.1) is 29.0 Å². The van der Waals surface area contributed by atoms with Gasteiger partial charge in [-0.2, -0.15) is 0 Å². The summed E-state index contributed by atoms with van der Waals surface area (Å²) in [6.45, 7) is 4.41. The van der Waals surface area contributed by atoms with E-state index in [4.69, 9.17) is 16.0 Å². The second-order valence-electron chi connectivity index (χ2n) is 6.75. The molecule has 0 aliphatic heterocycles. The molecular formula is C22H19ClN2O2S. The average molecular weight is 411 g/mol. The number of carbonyl (C=O) groups excluding carboxylic acids is 1. The molecule has 0 saturated heterocycles. The highest BCUT2D eigenvalue weighted by Crippen LogP contribution is 2.34. The van der Waals surface area contributed by atoms with Crippen molar-refractivity contribution in [3.63, 3.8) is 0 Å². The maximum Gasteiger partial charge on any atom is 0.233 e. The van der Waals surface area contributed by atoms with Crippen LogP contribution in [0.15, 0.2) is 59.2 Å². The minimum atomic E-state index is -0.0291. The number of benzene rings is 2. The summed E-state index contributed by atoms with van der Waals surface area (Å²) in [5.74, 6) is 0.679. The first-order valence-electron chi connectivity index (χ1n) is 8.95. The summed E-state index contributed by atoms with van der Waals surface area (Å²) >= 11 is 7.74. The molecule has 4 aromatic rings. The highest BCUT2D eigenvalue weighted by molar-refractivity contribution is 7.22. The van der Waals surface area contributed by atoms with Gasteiger partial charge in [-0.15, -0.1) is 0 Å². The lowest BCUT2D eigenvalue weighted by molar-refractivity contribution is -0.118. The predicted octanol–water partition coefficient (Wildman–Crippen LogP) is 5.94. The van der Waals surface area contributed by atoms with Crippen molar-refractivity contribution >= 4 is 44.2 Å². The Bertz CT molecular complexity index is 1130. The molecule has 0 unspecified atom stereocenters. The van der Waals surface area contributed by atoms with Gasteiger partial charge in [-0.1, -0.05) is 52.8 Å². The molecule has 0 fully saturated rings. The third-order valence-corrected chi connectivity index (χ3v) is 5.97. The molecule has 4 nitrogen and oxygen atoms in total. The number of furan rings is 1. The van der Waals surface area contributed by atoms with Crippen LogP contribution < -0.4 is 4.90 Å². The van der Waals surface area contributed by atoms with Gasteiger partial charge in [-0.25, -0.2) is 4.98 Å². The third kappa shape index (κ3) is 3.81. The van der Waals surface area contributed by atoms with Crippen LogP contribution in [0.5, 0.6) is 0 Å². The number of nitrogens with zero attached hydrogens (tertiary/aromatic N) is 2. The van der Waals surface area contributed by atoms with E-state index in [-0.39, 0.29) is 5.91 Å². The van der Waals surface area contributed by atoms with E-state index >= 15 is 0 Å². The fourth-order valence-corrected chi connectivity index (χ4v) is 4.42. The topological polar surface area (TPSA) is 46.3 Å². The molecule has 2 aromatic heterocycles. The lowest BCUT2D eigenvalue weighted by Gasteiger charge is -2.19. The Morgan fingerprint density at radius 2 is 2.04 bits per heavy atom. The highest BCUT2D eigenvalue weighted by atomic mass is 35.5. The Hall–Kier alpha value is -2.63. The molecule has 0 atom stereocenters. The second kappa shape index (κ2) is 7.78. The van der Waals surface area contributed by atoms with Gasteiger partial charge in [0.2, 0.25) is 5.91 Å². The monoisotopic (exact) mass is 410 g/mol. The normalized spacial score (nSPS) is 11.1. The van der Waals surface area contributed by atoms with Crippen molar-refractivity contribution in [2.24, 2.45) is 0 Å². The summed E-state index contributed by atoms with van der Waals surface area (Å²) in [5.41, 5.74) is 4.02. The van der Waals surface area contributed by atoms with E-state index in [9.17, 15) is 4.79 Å². The zero-order valence-electron chi connectivity index (χ0n) is 15.6. The summed E-state index contributed by atoms with van der Waals surface area (Å²) in [6.07, 6.45) is 1.91. The summed E-state index contributed by atoms with van der Waals surface area (Å²) < 4.78 is 6.43. The first-order chi connectivity index (χ1) is 13.5. The van der Waals surface area contributed by atoms with Gasteiger partial charge in [0, 0.05) is 0 Å². The number of thiazole rings is 1. The van der Waals surface area contributed by atoms with Crippen LogP contribution in [0.25, 0.3) is 10.2 Å². The van der Waals surface area contributed by atoms with Gasteiger partial charge < -0.3 is 4.42 Å². The van der Waals surface area contributed by atoms with Gasteiger partial charge >= 0.3 is 0 Å². The van der Waals surface area contributed by atoms with Gasteiger partial charge in [-0.05, 0) is 49.2 Å². The Labute approximate surface area is 172 Å². The van der Waals surface area contributed by atoms with Crippen molar-refractivity contribution in [1.29, 1.82) is 0 Å². The Kier molecular flexibility index (Phi) is 5.20. The van der Waals surface area contributed by atoms with E-state index < -0.39 is 0 Å². The lowest BCUT2D eigenvalue weighted by Crippen LogP contribution is -2.31. The van der Waals surface area contributed by atoms with E-state index in [0.29, 0.717) is 34.4 Å². The van der Waals surface area contributed by atoms with Gasteiger partial charge in [0.1, 0.15) is 11.3 Å². The molecule has 0 N–H and O–H groups in total. The fourth-order valence-electron chi connectivity index (χ4n) is 3.14. The molecule has 0 aliphatic carbocycles. The molecule has 142 valence electrons. The van der Waals surface area contributed by atoms with Gasteiger partial charge in [-0.3, -0.25) is 9.69 Å². The maximum absolute atomic E-state index is 13.3. The van der Waals surface area contributed by atoms with Crippen LogP contribution in [0.4, 0.5) is 5.13 Å². The molecule has 1 amide bonds. The quantitative estimate of drug-likeness (QED) is 0.409. The number of halogens is 1. The molecular weight excluding hydrogens is 392 g/mol. The molecule has 2 heterocycles. The number of hydrogen-bond acceptors (Lipinski definition) is 4. The molecule has 0 spiro atoms. The fraction of sp³-hybridized carbons (Fsp3) is 0.182. The summed E-state index contributed by atoms with van der Waals surface area (Å²) in [5, 5.41) is 1.20. The van der Waals surface area contributed by atoms with Crippen molar-refractivity contribution in [2.45, 2.75) is 26.8 Å². The van der Waals surface area contributed by atoms with Crippen LogP contribution in [0.2, 0.25) is 5.02 Å². The van der Waals surface area contributed by atoms with Crippen LogP contribution in [0, 0.1) is 13.8 Å². The third-order valence-electron chi connectivity index (χ3n) is 4.62. The number of anilines is 1. The minimum Gasteiger partial charge on any atom is -0.467 e. The van der Waals surface area contributed by atoms with E-state index in [1.807, 2.05) is 56.3 Å². The van der Waals surface area contributed by atoms with Gasteiger partial charge in [0.15, 0.2) is 5.13 Å². The Morgan fingerprint density at radius 3 is 2.75 bits per heavy atom. The number of hydrogen-bond donors (Lipinski definition) is 0. The van der Waals surface area contributed by atoms with Crippen molar-refractivity contribution in [3.8, 4) is 0 Å². The first-order valence-corrected chi connectivity index (χ1v) is 10.1. The van der Waals surface area contributed by atoms with Crippen LogP contribution in [0.3, 0.4) is 0 Å². The predicted molar refractivity (Wildman–Crippen MR) is 114 cm³/mol. The summed E-state index contributed by atoms with van der Waals surface area (Å²) in [6, 6.07) is 15.5. The smallest absolute Gasteiger partial charge is 0.233 e. The number of rotatable bonds is 5. The Balaban J connectivity index is 1.69. The summed E-state index contributed by atoms with van der Waals surface area (Å²) in [4.78, 5) is 19.6. The second-order valence-corrected chi connectivity index (χ2v) is 8.17. The molecule has 0 radical (unpaired) electrons. The standard InChI is InChI=1S/C22H19ClN2O2S/c1-14-8-9-16(15(2)11-14)12-20(26)25(13-17-5-4-10-27-17)22-24-21-18(23)6-3-7-19(21)28-22/h3-11H,12-13H2,1-2H3. The van der Waals surface area contributed by atoms with Crippen LogP contribution in [0.1, 0.15) is 22.5 Å². The number of carbonyl (C=O) groups is 1.